The second-order valence-corrected chi connectivity index (χ2v) is 18.8. The van der Waals surface area contributed by atoms with E-state index in [0.717, 1.165) is 49.4 Å². The molecule has 1 fully saturated rings. The molecule has 4 aliphatic rings. The van der Waals surface area contributed by atoms with Crippen molar-refractivity contribution in [2.75, 3.05) is 71.8 Å². The lowest BCUT2D eigenvalue weighted by molar-refractivity contribution is 0.0104. The topological polar surface area (TPSA) is 137 Å². The SMILES string of the molecule is COc1nn(C)cc1C(=O)N[S@@]1(=O)=NC(=O)c2ccc3c(c2)N(C[C@@H]2CC[C@H]2[C@@H](OC)/C=C/[C@H](OCCN(C)C)[C@H](C)C1)C[C@@]1(CCCc2cc(Cl)ccc21)CO3. The molecule has 7 rings (SSSR count). The molecule has 0 unspecified atom stereocenters. The number of aryl methyl sites for hydroxylation is 2. The first kappa shape index (κ1) is 41.2. The third-order valence-electron chi connectivity index (χ3n) is 12.0. The molecule has 3 heterocycles. The van der Waals surface area contributed by atoms with Gasteiger partial charge in [0.15, 0.2) is 0 Å². The van der Waals surface area contributed by atoms with Crippen LogP contribution in [0.2, 0.25) is 5.02 Å². The smallest absolute Gasteiger partial charge is 0.286 e. The van der Waals surface area contributed by atoms with Crippen molar-refractivity contribution < 1.29 is 32.7 Å². The van der Waals surface area contributed by atoms with Gasteiger partial charge < -0.3 is 28.7 Å². The number of rotatable bonds is 8. The zero-order valence-electron chi connectivity index (χ0n) is 33.7. The van der Waals surface area contributed by atoms with Crippen molar-refractivity contribution in [2.24, 2.45) is 29.2 Å². The van der Waals surface area contributed by atoms with Gasteiger partial charge in [-0.3, -0.25) is 19.0 Å². The van der Waals surface area contributed by atoms with E-state index in [2.05, 4.69) is 37.3 Å². The molecular weight excluding hydrogens is 768 g/mol. The number of carbonyl (C=O) groups is 2. The van der Waals surface area contributed by atoms with Crippen LogP contribution in [0.4, 0.5) is 5.69 Å². The fraction of sp³-hybridized carbons (Fsp3) is 0.548. The molecule has 1 aromatic heterocycles. The van der Waals surface area contributed by atoms with Crippen molar-refractivity contribution in [2.45, 2.75) is 56.7 Å². The average molecular weight is 823 g/mol. The third-order valence-corrected chi connectivity index (χ3v) is 14.2. The summed E-state index contributed by atoms with van der Waals surface area (Å²) in [5, 5.41) is 4.91. The molecule has 0 radical (unpaired) electrons. The van der Waals surface area contributed by atoms with Gasteiger partial charge in [0.25, 0.3) is 11.8 Å². The number of amides is 2. The Bertz CT molecular complexity index is 2130. The van der Waals surface area contributed by atoms with E-state index in [1.807, 2.05) is 44.1 Å². The molecule has 2 aromatic carbocycles. The summed E-state index contributed by atoms with van der Waals surface area (Å²) in [6.45, 7) is 4.86. The van der Waals surface area contributed by atoms with Gasteiger partial charge in [0, 0.05) is 61.9 Å². The van der Waals surface area contributed by atoms with E-state index < -0.39 is 33.8 Å². The first-order valence-corrected chi connectivity index (χ1v) is 21.8. The largest absolute Gasteiger partial charge is 0.490 e. The summed E-state index contributed by atoms with van der Waals surface area (Å²) in [5.41, 5.74) is 3.30. The van der Waals surface area contributed by atoms with Gasteiger partial charge in [-0.15, -0.1) is 9.46 Å². The highest BCUT2D eigenvalue weighted by Crippen LogP contribution is 2.47. The van der Waals surface area contributed by atoms with Crippen molar-refractivity contribution in [3.63, 3.8) is 0 Å². The van der Waals surface area contributed by atoms with Crippen LogP contribution in [0.25, 0.3) is 0 Å². The Morgan fingerprint density at radius 1 is 1.14 bits per heavy atom. The summed E-state index contributed by atoms with van der Waals surface area (Å²) < 4.78 is 48.0. The van der Waals surface area contributed by atoms with Crippen LogP contribution >= 0.6 is 11.6 Å². The van der Waals surface area contributed by atoms with Crippen LogP contribution in [-0.4, -0.2) is 110 Å². The monoisotopic (exact) mass is 822 g/mol. The zero-order valence-corrected chi connectivity index (χ0v) is 35.3. The maximum absolute atomic E-state index is 15.0. The number of anilines is 1. The van der Waals surface area contributed by atoms with Crippen LogP contribution in [0.15, 0.2) is 59.1 Å². The molecule has 7 atom stereocenters. The van der Waals surface area contributed by atoms with Crippen molar-refractivity contribution in [1.29, 1.82) is 0 Å². The number of carbonyl (C=O) groups excluding carboxylic acids is 2. The van der Waals surface area contributed by atoms with Gasteiger partial charge in [-0.1, -0.05) is 36.7 Å². The number of nitrogens with zero attached hydrogens (tertiary/aromatic N) is 5. The molecular formula is C42H55ClN6O7S. The molecule has 3 aromatic rings. The van der Waals surface area contributed by atoms with Gasteiger partial charge >= 0.3 is 0 Å². The number of halogens is 1. The second-order valence-electron chi connectivity index (χ2n) is 16.3. The Balaban J connectivity index is 1.32. The summed E-state index contributed by atoms with van der Waals surface area (Å²) in [6, 6.07) is 11.5. The number of hydrogen-bond donors (Lipinski definition) is 1. The molecule has 15 heteroatoms. The molecule has 2 amide bonds. The molecule has 57 heavy (non-hydrogen) atoms. The number of benzene rings is 2. The highest BCUT2D eigenvalue weighted by Gasteiger charge is 2.44. The van der Waals surface area contributed by atoms with Crippen molar-refractivity contribution in [3.05, 3.63) is 82.0 Å². The standard InChI is InChI=1S/C42H55ClN6O7S/c1-27-24-57(52,46-40(51)33-23-48(4)44-41(33)54-6)45-39(50)29-10-14-38-35(21-29)49(25-42(26-56-38)17-7-8-28-20-31(43)11-13-34(28)42)22-30-9-12-32(30)37(53-5)16-15-36(27)55-19-18-47(2)3/h10-11,13-16,20-21,23,27,30,32,36-37H,7-9,12,17-19,22,24-26H2,1-6H3,(H,45,46,50,51,52)/b16-15+/t27-,30+,32-,36+,37+,42+,57+/m1/s1. The van der Waals surface area contributed by atoms with Gasteiger partial charge in [-0.25, -0.2) is 4.21 Å². The van der Waals surface area contributed by atoms with E-state index >= 15 is 4.21 Å². The summed E-state index contributed by atoms with van der Waals surface area (Å²) in [6.07, 6.45) is 9.80. The van der Waals surface area contributed by atoms with Gasteiger partial charge in [-0.05, 0) is 99.5 Å². The summed E-state index contributed by atoms with van der Waals surface area (Å²) in [7, 11) is 4.98. The maximum Gasteiger partial charge on any atom is 0.286 e. The molecule has 1 spiro atoms. The molecule has 2 aliphatic carbocycles. The average Bonchev–Trinajstić information content (AvgIpc) is 3.48. The van der Waals surface area contributed by atoms with Gasteiger partial charge in [-0.2, -0.15) is 0 Å². The van der Waals surface area contributed by atoms with Crippen LogP contribution in [0.1, 0.15) is 64.4 Å². The molecule has 2 bridgehead atoms. The molecule has 13 nitrogen and oxygen atoms in total. The Morgan fingerprint density at radius 3 is 2.68 bits per heavy atom. The molecule has 1 saturated carbocycles. The van der Waals surface area contributed by atoms with Crippen LogP contribution in [0.3, 0.4) is 0 Å². The van der Waals surface area contributed by atoms with E-state index in [4.69, 9.17) is 30.5 Å². The van der Waals surface area contributed by atoms with E-state index in [1.54, 1.807) is 26.3 Å². The van der Waals surface area contributed by atoms with E-state index in [9.17, 15) is 9.59 Å². The van der Waals surface area contributed by atoms with E-state index in [1.165, 1.54) is 29.1 Å². The van der Waals surface area contributed by atoms with Crippen molar-refractivity contribution in [3.8, 4) is 11.6 Å². The number of likely N-dealkylation sites (N-methyl/N-ethyl adjacent to an activating group) is 1. The van der Waals surface area contributed by atoms with Gasteiger partial charge in [0.1, 0.15) is 21.2 Å². The predicted molar refractivity (Wildman–Crippen MR) is 221 cm³/mol. The lowest BCUT2D eigenvalue weighted by Crippen LogP contribution is -2.49. The Hall–Kier alpha value is -3.95. The maximum atomic E-state index is 15.0. The number of fused-ring (bicyclic) bond motifs is 4. The zero-order chi connectivity index (χ0) is 40.5. The van der Waals surface area contributed by atoms with Gasteiger partial charge in [0.05, 0.1) is 44.0 Å². The Kier molecular flexibility index (Phi) is 12.4. The fourth-order valence-corrected chi connectivity index (χ4v) is 11.0. The minimum atomic E-state index is -3.76. The first-order valence-electron chi connectivity index (χ1n) is 19.8. The molecule has 1 N–H and O–H groups in total. The second kappa shape index (κ2) is 17.1. The highest BCUT2D eigenvalue weighted by molar-refractivity contribution is 7.92. The van der Waals surface area contributed by atoms with Crippen LogP contribution in [-0.2, 0) is 38.3 Å². The van der Waals surface area contributed by atoms with Crippen LogP contribution < -0.4 is 19.1 Å². The number of methoxy groups -OCH3 is 2. The normalized spacial score (nSPS) is 29.3. The predicted octanol–water partition coefficient (Wildman–Crippen LogP) is 5.70. The lowest BCUT2D eigenvalue weighted by atomic mass is 9.68. The first-order chi connectivity index (χ1) is 27.3. The van der Waals surface area contributed by atoms with Crippen molar-refractivity contribution in [1.82, 2.24) is 19.4 Å². The van der Waals surface area contributed by atoms with Gasteiger partial charge in [0.2, 0.25) is 5.88 Å². The van der Waals surface area contributed by atoms with E-state index in [-0.39, 0.29) is 40.2 Å². The molecule has 308 valence electrons. The van der Waals surface area contributed by atoms with Crippen molar-refractivity contribution >= 4 is 39.0 Å². The highest BCUT2D eigenvalue weighted by atomic mass is 35.5. The molecule has 0 saturated heterocycles. The summed E-state index contributed by atoms with van der Waals surface area (Å²) >= 11 is 6.49. The Labute approximate surface area is 341 Å². The minimum absolute atomic E-state index is 0.0608. The number of ether oxygens (including phenoxy) is 4. The summed E-state index contributed by atoms with van der Waals surface area (Å²) in [4.78, 5) is 32.5. The lowest BCUT2D eigenvalue weighted by Gasteiger charge is -2.46. The van der Waals surface area contributed by atoms with E-state index in [0.29, 0.717) is 38.0 Å². The van der Waals surface area contributed by atoms with Crippen LogP contribution in [0, 0.1) is 17.8 Å². The minimum Gasteiger partial charge on any atom is -0.490 e. The van der Waals surface area contributed by atoms with Crippen LogP contribution in [0.5, 0.6) is 11.6 Å². The molecule has 2 aliphatic heterocycles. The number of aromatic nitrogens is 2. The Morgan fingerprint density at radius 2 is 1.95 bits per heavy atom. The quantitative estimate of drug-likeness (QED) is 0.282. The fourth-order valence-electron chi connectivity index (χ4n) is 8.89. The summed E-state index contributed by atoms with van der Waals surface area (Å²) in [5.74, 6) is -0.739. The number of nitrogens with one attached hydrogen (secondary N) is 1. The number of hydrogen-bond acceptors (Lipinski definition) is 10. The third kappa shape index (κ3) is 8.90.